The monoisotopic (exact) mass is 1270 g/mol. The number of ether oxygens (including phenoxy) is 2. The zero-order valence-electron chi connectivity index (χ0n) is 38.0. The smallest absolute Gasteiger partial charge is 0.744 e. The van der Waals surface area contributed by atoms with Gasteiger partial charge in [0.15, 0.2) is 23.0 Å². The molecule has 76 heavy (non-hydrogen) atoms. The van der Waals surface area contributed by atoms with Crippen LogP contribution in [0.2, 0.25) is 31.2 Å². The fraction of sp³-hybridized carbons (Fsp3) is 0. The molecule has 0 aliphatic carbocycles. The normalized spacial score (nSPS) is 12.9. The van der Waals surface area contributed by atoms with Gasteiger partial charge in [-0.15, -0.1) is 0 Å². The number of H-pyrrole nitrogens is 2. The van der Waals surface area contributed by atoms with Crippen molar-refractivity contribution in [2.75, 3.05) is 10.6 Å². The van der Waals surface area contributed by atoms with Gasteiger partial charge in [-0.1, -0.05) is 23.2 Å². The molecule has 0 spiro atoms. The van der Waals surface area contributed by atoms with Crippen LogP contribution >= 0.6 is 69.6 Å². The first-order valence-electron chi connectivity index (χ1n) is 18.6. The number of rotatable bonds is 10. The van der Waals surface area contributed by atoms with Crippen LogP contribution in [0.4, 0.5) is 45.5 Å². The molecule has 2 aliphatic heterocycles. The molecule has 0 fully saturated rings. The topological polar surface area (TPSA) is 404 Å². The van der Waals surface area contributed by atoms with E-state index >= 15 is 0 Å². The number of halogens is 6. The largest absolute Gasteiger partial charge is 1.00 e. The molecule has 0 radical (unpaired) electrons. The second-order valence-electron chi connectivity index (χ2n) is 14.2. The van der Waals surface area contributed by atoms with Crippen LogP contribution in [-0.4, -0.2) is 81.8 Å². The van der Waals surface area contributed by atoms with Gasteiger partial charge in [-0.25, -0.2) is 53.6 Å². The van der Waals surface area contributed by atoms with Crippen molar-refractivity contribution in [3.63, 3.8) is 0 Å². The minimum absolute atomic E-state index is 0. The third kappa shape index (κ3) is 14.1. The van der Waals surface area contributed by atoms with Gasteiger partial charge in [0.05, 0.1) is 42.3 Å². The Balaban J connectivity index is 0.00000267. The van der Waals surface area contributed by atoms with Gasteiger partial charge in [-0.05, 0) is 94.9 Å². The summed E-state index contributed by atoms with van der Waals surface area (Å²) < 4.78 is 162. The van der Waals surface area contributed by atoms with Crippen molar-refractivity contribution in [2.45, 2.75) is 19.6 Å². The first kappa shape index (κ1) is 64.7. The predicted molar refractivity (Wildman–Crippen MR) is 246 cm³/mol. The number of hydrogen-bond acceptors (Lipinski definition) is 24. The molecule has 0 atom stereocenters. The molecule has 0 bridgehead atoms. The van der Waals surface area contributed by atoms with E-state index in [1.54, 1.807) is 0 Å². The number of aromatic amines is 2. The third-order valence-electron chi connectivity index (χ3n) is 9.47. The summed E-state index contributed by atoms with van der Waals surface area (Å²) in [6, 6.07) is 9.46. The van der Waals surface area contributed by atoms with Gasteiger partial charge in [0.25, 0.3) is 0 Å². The molecule has 26 nitrogen and oxygen atoms in total. The molecule has 2 aromatic heterocycles. The summed E-state index contributed by atoms with van der Waals surface area (Å²) in [7, 11) is -21.4. The van der Waals surface area contributed by atoms with Crippen LogP contribution in [0.15, 0.2) is 100 Å². The maximum absolute atomic E-state index is 12.7. The minimum atomic E-state index is -5.40. The minimum Gasteiger partial charge on any atom is -0.744 e. The van der Waals surface area contributed by atoms with Crippen molar-refractivity contribution in [3.05, 3.63) is 114 Å². The van der Waals surface area contributed by atoms with E-state index in [2.05, 4.69) is 60.5 Å². The average molecular weight is 1270 g/mol. The van der Waals surface area contributed by atoms with E-state index < -0.39 is 82.8 Å². The van der Waals surface area contributed by atoms with E-state index in [1.807, 2.05) is 0 Å². The molecule has 372 valence electrons. The van der Waals surface area contributed by atoms with E-state index in [0.29, 0.717) is 0 Å². The van der Waals surface area contributed by atoms with Gasteiger partial charge in [0.2, 0.25) is 32.4 Å². The van der Waals surface area contributed by atoms with Crippen LogP contribution in [0.3, 0.4) is 0 Å². The molecule has 9 rings (SSSR count). The molecular formula is C36H14Cl6N12Na4O14S4. The van der Waals surface area contributed by atoms with Crippen molar-refractivity contribution in [3.8, 4) is 23.0 Å². The first-order valence-corrected chi connectivity index (χ1v) is 26.5. The molecule has 5 aromatic carbocycles. The summed E-state index contributed by atoms with van der Waals surface area (Å²) >= 11 is 36.8. The van der Waals surface area contributed by atoms with Crippen molar-refractivity contribution in [1.82, 2.24) is 29.9 Å². The molecular weight excluding hydrogens is 1260 g/mol. The van der Waals surface area contributed by atoms with E-state index in [1.165, 1.54) is 0 Å². The van der Waals surface area contributed by atoms with Crippen LogP contribution in [-0.2, 0) is 40.5 Å². The number of hydrogen-bond donors (Lipinski definition) is 4. The molecule has 0 saturated carbocycles. The Kier molecular flexibility index (Phi) is 20.9. The summed E-state index contributed by atoms with van der Waals surface area (Å²) in [5.41, 5.74) is -3.81. The Morgan fingerprint density at radius 2 is 0.816 bits per heavy atom. The van der Waals surface area contributed by atoms with Crippen LogP contribution in [0, 0.1) is 0 Å². The van der Waals surface area contributed by atoms with Crippen LogP contribution in [0.1, 0.15) is 0 Å². The van der Waals surface area contributed by atoms with Gasteiger partial charge in [-0.3, -0.25) is 9.97 Å². The Labute approximate surface area is 544 Å². The van der Waals surface area contributed by atoms with E-state index in [4.69, 9.17) is 79.1 Å². The van der Waals surface area contributed by atoms with Crippen molar-refractivity contribution in [1.29, 1.82) is 0 Å². The summed E-state index contributed by atoms with van der Waals surface area (Å²) in [4.78, 5) is 32.3. The average Bonchev–Trinajstić information content (AvgIpc) is 3.26. The maximum atomic E-state index is 12.7. The number of aromatic nitrogens is 6. The van der Waals surface area contributed by atoms with Crippen LogP contribution < -0.4 is 160 Å². The van der Waals surface area contributed by atoms with Gasteiger partial charge in [0, 0.05) is 23.5 Å². The molecule has 4 N–H and O–H groups in total. The number of nitrogens with zero attached hydrogens (tertiary/aromatic N) is 8. The molecule has 0 saturated heterocycles. The quantitative estimate of drug-likeness (QED) is 0.0731. The van der Waals surface area contributed by atoms with Crippen LogP contribution in [0.25, 0.3) is 0 Å². The SMILES string of the molecule is O=S(=O)([O-])c1cc(Nc2cc3c(cc2S(=O)(=O)[O-])N=c2c(Cl)c4c(c(Cl)c2O3)=Nc2cc(S(=O)(=O)[O-])c(Nc3ccc(N=c5nc(Cl)nc(Cl)[nH]5)c(S(=O)(=O)[O-])c3)cc2O4)ccc1N=c1nc(Cl)nc(Cl)[nH]1.[Na+].[Na+].[Na+].[Na+]. The molecule has 0 unspecified atom stereocenters. The molecule has 0 amide bonds. The molecule has 7 aromatic rings. The fourth-order valence-corrected chi connectivity index (χ4v) is 10.4. The third-order valence-corrected chi connectivity index (χ3v) is 14.4. The summed E-state index contributed by atoms with van der Waals surface area (Å²) in [6.07, 6.45) is 0. The van der Waals surface area contributed by atoms with Crippen molar-refractivity contribution >= 4 is 156 Å². The fourth-order valence-electron chi connectivity index (χ4n) is 6.61. The second kappa shape index (κ2) is 24.5. The Morgan fingerprint density at radius 1 is 0.474 bits per heavy atom. The van der Waals surface area contributed by atoms with E-state index in [0.717, 1.165) is 60.7 Å². The van der Waals surface area contributed by atoms with Gasteiger partial charge < -0.3 is 38.3 Å². The molecule has 2 aliphatic rings. The number of anilines is 4. The molecule has 4 heterocycles. The van der Waals surface area contributed by atoms with Crippen LogP contribution in [0.5, 0.6) is 23.0 Å². The van der Waals surface area contributed by atoms with Gasteiger partial charge in [0.1, 0.15) is 72.6 Å². The van der Waals surface area contributed by atoms with E-state index in [-0.39, 0.29) is 217 Å². The Hall–Kier alpha value is -2.10. The van der Waals surface area contributed by atoms with Gasteiger partial charge in [-0.2, -0.15) is 19.9 Å². The number of fused-ring (bicyclic) bond motifs is 4. The number of benzene rings is 5. The number of nitrogens with one attached hydrogen (secondary N) is 4. The maximum Gasteiger partial charge on any atom is 1.00 e. The Bertz CT molecular complexity index is 4040. The molecule has 40 heteroatoms. The second-order valence-corrected chi connectivity index (χ2v) is 21.7. The van der Waals surface area contributed by atoms with Gasteiger partial charge >= 0.3 is 118 Å². The van der Waals surface area contributed by atoms with E-state index in [9.17, 15) is 51.9 Å². The Morgan fingerprint density at radius 3 is 1.13 bits per heavy atom. The zero-order valence-corrected chi connectivity index (χ0v) is 53.8. The first-order chi connectivity index (χ1) is 33.6. The van der Waals surface area contributed by atoms with Crippen molar-refractivity contribution in [2.24, 2.45) is 20.0 Å². The standard InChI is InChI=1S/C36H18Cl6N12O14S4.4Na/c37-25-28-30(68-20-8-18(24(72(64,65)66)10-16(20)46-28)44-12-2-4-14(22(6-12)70(58,59)60)48-36-53-33(41)50-34(42)54-36)26(38)27-29(25)67-19-7-17(23(71(61,62)63)9-15(19)45-27)43-11-1-3-13(21(5-11)69(55,56)57)47-35-51-31(39)49-32(40)52-35;;;;/h1-10,43-44H,(H,55,56,57)(H,58,59,60)(H,61,62,63)(H,64,65,66)(H,47,49,51,52)(H,48,50,53,54);;;;/q;4*+1/p-4. The summed E-state index contributed by atoms with van der Waals surface area (Å²) in [6.45, 7) is 0. The van der Waals surface area contributed by atoms with Crippen molar-refractivity contribution < 1.29 is 180 Å². The summed E-state index contributed by atoms with van der Waals surface area (Å²) in [5.74, 6) is -1.24. The predicted octanol–water partition coefficient (Wildman–Crippen LogP) is -6.46. The zero-order chi connectivity index (χ0) is 52.0. The summed E-state index contributed by atoms with van der Waals surface area (Å²) in [5, 5.41) is 2.45.